The molecule has 2 aromatic heterocycles. The molecule has 4 aliphatic rings. The van der Waals surface area contributed by atoms with Crippen LogP contribution >= 0.6 is 23.5 Å². The van der Waals surface area contributed by atoms with E-state index in [0.29, 0.717) is 13.1 Å². The topological polar surface area (TPSA) is 374 Å². The number of hydrazine groups is 2. The number of imidazole rings is 1. The Morgan fingerprint density at radius 3 is 2.49 bits per heavy atom. The van der Waals surface area contributed by atoms with E-state index in [2.05, 4.69) is 45.4 Å². The zero-order valence-corrected chi connectivity index (χ0v) is 34.6. The van der Waals surface area contributed by atoms with Crippen LogP contribution in [0.5, 0.6) is 0 Å². The number of nitrogens with zero attached hydrogens (tertiary/aromatic N) is 5. The number of aromatic nitrogens is 4. The maximum Gasteiger partial charge on any atom is 0.481 e. The van der Waals surface area contributed by atoms with Crippen LogP contribution in [-0.2, 0) is 45.9 Å². The number of nitrogens with two attached hydrogens (primary N) is 1. The van der Waals surface area contributed by atoms with Crippen molar-refractivity contribution in [3.8, 4) is 0 Å². The van der Waals surface area contributed by atoms with Crippen LogP contribution in [0.25, 0.3) is 11.2 Å². The van der Waals surface area contributed by atoms with Crippen LogP contribution in [0.1, 0.15) is 58.6 Å². The van der Waals surface area contributed by atoms with Crippen LogP contribution in [0.2, 0.25) is 0 Å². The van der Waals surface area contributed by atoms with Crippen LogP contribution in [0.15, 0.2) is 24.0 Å². The number of hydrogen-bond acceptors (Lipinski definition) is 19. The van der Waals surface area contributed by atoms with Gasteiger partial charge in [-0.15, -0.1) is 5.53 Å². The number of anilines is 1. The first-order chi connectivity index (χ1) is 27.6. The lowest BCUT2D eigenvalue weighted by Gasteiger charge is -2.30. The van der Waals surface area contributed by atoms with Gasteiger partial charge >= 0.3 is 23.5 Å². The Kier molecular flexibility index (Phi) is 13.9. The molecule has 0 bridgehead atoms. The second kappa shape index (κ2) is 18.1. The number of allylic oxidation sites excluding steroid dienone is 2. The average Bonchev–Trinajstić information content (AvgIpc) is 3.40. The molecular weight excluding hydrogens is 849 g/mol. The smallest absolute Gasteiger partial charge is 0.386 e. The third-order valence-corrected chi connectivity index (χ3v) is 13.4. The highest BCUT2D eigenvalue weighted by Crippen LogP contribution is 2.61. The number of fused-ring (bicyclic) bond motifs is 2. The summed E-state index contributed by atoms with van der Waals surface area (Å²) in [4.78, 5) is 76.3. The van der Waals surface area contributed by atoms with Crippen LogP contribution in [0.3, 0.4) is 0 Å². The van der Waals surface area contributed by atoms with Crippen molar-refractivity contribution < 1.29 is 75.7 Å². The summed E-state index contributed by atoms with van der Waals surface area (Å²) in [6.45, 7) is 1.30. The average molecular weight is 899 g/mol. The third-order valence-electron chi connectivity index (χ3n) is 10.3. The van der Waals surface area contributed by atoms with Crippen molar-refractivity contribution in [3.05, 3.63) is 24.0 Å². The molecule has 9 atom stereocenters. The second-order valence-corrected chi connectivity index (χ2v) is 19.5. The van der Waals surface area contributed by atoms with Crippen LogP contribution in [0, 0.1) is 17.3 Å². The second-order valence-electron chi connectivity index (χ2n) is 15.2. The van der Waals surface area contributed by atoms with Gasteiger partial charge in [-0.3, -0.25) is 32.7 Å². The number of aliphatic hydroxyl groups is 2. The standard InChI is InChI=1S/C30H49N10O16P3/c1-30(2,25(43)28(44)33-8-7-21(41)32-9-10-40-19-6-4-17-11-16(17)3-5-18(19)37-38-40)13-53-59(50,51)56-58(48,49)52-12-20-24(55-57(45,46)47)23(42)29(54-20)39-15-36-22-26(31)34-14-35-27(22)39/h14-17,20,23-25,29,37-38,42-43H,3-13H2,1-2H3,(H,32,41)(H,33,44)(H,48,49)(H,50,51)(H2,31,34,35)(H2,45,46,47). The highest BCUT2D eigenvalue weighted by atomic mass is 31.3. The summed E-state index contributed by atoms with van der Waals surface area (Å²) in [7, 11) is -16.4. The number of ether oxygens (including phenoxy) is 1. The van der Waals surface area contributed by atoms with Gasteiger partial charge in [0.05, 0.1) is 31.8 Å². The van der Waals surface area contributed by atoms with Crippen molar-refractivity contribution >= 4 is 52.3 Å². The van der Waals surface area contributed by atoms with Crippen molar-refractivity contribution in [2.75, 3.05) is 38.6 Å². The van der Waals surface area contributed by atoms with E-state index in [1.807, 2.05) is 5.01 Å². The van der Waals surface area contributed by atoms with Crippen molar-refractivity contribution in [2.45, 2.75) is 83.0 Å². The Hall–Kier alpha value is -3.16. The zero-order chi connectivity index (χ0) is 42.9. The number of hydrogen-bond donors (Lipinski definition) is 11. The zero-order valence-electron chi connectivity index (χ0n) is 31.9. The summed E-state index contributed by atoms with van der Waals surface area (Å²) >= 11 is 0. The maximum atomic E-state index is 12.7. The van der Waals surface area contributed by atoms with Crippen LogP contribution < -0.4 is 27.3 Å². The number of phosphoric ester groups is 3. The number of carbonyl (C=O) groups excluding carboxylic acids is 2. The fourth-order valence-corrected chi connectivity index (χ4v) is 9.87. The Balaban J connectivity index is 0.929. The number of rotatable bonds is 19. The summed E-state index contributed by atoms with van der Waals surface area (Å²) in [5, 5.41) is 28.8. The fourth-order valence-electron chi connectivity index (χ4n) is 7.04. The molecule has 330 valence electrons. The van der Waals surface area contributed by atoms with Crippen LogP contribution in [-0.4, -0.2) is 123 Å². The molecule has 26 nitrogen and oxygen atoms in total. The molecule has 0 aromatic carbocycles. The van der Waals surface area contributed by atoms with E-state index in [0.717, 1.165) is 48.3 Å². The minimum atomic E-state index is -5.56. The van der Waals surface area contributed by atoms with Crippen molar-refractivity contribution in [3.63, 3.8) is 0 Å². The number of phosphoric acid groups is 3. The quantitative estimate of drug-likeness (QED) is 0.0765. The molecule has 2 aromatic rings. The normalized spacial score (nSPS) is 27.2. The minimum absolute atomic E-state index is 0.0349. The molecule has 0 spiro atoms. The number of amides is 2. The third kappa shape index (κ3) is 11.6. The van der Waals surface area contributed by atoms with Crippen molar-refractivity contribution in [1.82, 2.24) is 46.1 Å². The molecule has 12 N–H and O–H groups in total. The number of aliphatic hydroxyl groups excluding tert-OH is 2. The van der Waals surface area contributed by atoms with Gasteiger partial charge in [0.15, 0.2) is 17.7 Å². The monoisotopic (exact) mass is 898 g/mol. The van der Waals surface area contributed by atoms with Gasteiger partial charge in [0, 0.05) is 30.6 Å². The Morgan fingerprint density at radius 2 is 1.76 bits per heavy atom. The fraction of sp³-hybridized carbons (Fsp3) is 0.700. The molecule has 2 aliphatic carbocycles. The highest BCUT2D eigenvalue weighted by Gasteiger charge is 2.50. The Labute approximate surface area is 336 Å². The Bertz CT molecular complexity index is 2050. The summed E-state index contributed by atoms with van der Waals surface area (Å²) in [6, 6.07) is 0. The Morgan fingerprint density at radius 1 is 1.05 bits per heavy atom. The van der Waals surface area contributed by atoms with Crippen LogP contribution in [0.4, 0.5) is 5.82 Å². The van der Waals surface area contributed by atoms with Gasteiger partial charge in [0.1, 0.15) is 36.3 Å². The van der Waals surface area contributed by atoms with Gasteiger partial charge in [-0.2, -0.15) is 4.31 Å². The minimum Gasteiger partial charge on any atom is -0.386 e. The van der Waals surface area contributed by atoms with Crippen molar-refractivity contribution in [2.24, 2.45) is 17.3 Å². The van der Waals surface area contributed by atoms with E-state index in [-0.39, 0.29) is 35.9 Å². The first-order valence-corrected chi connectivity index (χ1v) is 23.1. The molecular formula is C30H49N10O16P3. The number of carbonyl (C=O) groups is 2. The molecule has 9 unspecified atom stereocenters. The van der Waals surface area contributed by atoms with Gasteiger partial charge in [-0.05, 0) is 43.9 Å². The SMILES string of the molecule is CC(C)(COP(=O)(O)OP(=O)(O)OCC1OC(n2cnc3c(N)ncnc32)C(O)C1OP(=O)(O)O)C(O)C(=O)NCCC(=O)NCCN1NNC2=C1CCC1CC1CC2. The van der Waals surface area contributed by atoms with E-state index in [9.17, 15) is 53.1 Å². The number of nitrogens with one attached hydrogen (secondary N) is 4. The molecule has 2 aliphatic heterocycles. The summed E-state index contributed by atoms with van der Waals surface area (Å²) < 4.78 is 62.4. The lowest BCUT2D eigenvalue weighted by Crippen LogP contribution is -2.46. The molecule has 0 radical (unpaired) electrons. The predicted octanol–water partition coefficient (Wildman–Crippen LogP) is -0.849. The van der Waals surface area contributed by atoms with E-state index in [1.165, 1.54) is 38.1 Å². The predicted molar refractivity (Wildman–Crippen MR) is 200 cm³/mol. The maximum absolute atomic E-state index is 12.7. The number of nitrogen functional groups attached to an aromatic ring is 1. The van der Waals surface area contributed by atoms with E-state index >= 15 is 0 Å². The molecule has 1 saturated heterocycles. The van der Waals surface area contributed by atoms with Gasteiger partial charge < -0.3 is 56.3 Å². The van der Waals surface area contributed by atoms with E-state index in [4.69, 9.17) is 19.5 Å². The van der Waals surface area contributed by atoms with E-state index in [1.54, 1.807) is 0 Å². The lowest BCUT2D eigenvalue weighted by molar-refractivity contribution is -0.137. The van der Waals surface area contributed by atoms with Gasteiger partial charge in [0.2, 0.25) is 11.8 Å². The first-order valence-electron chi connectivity index (χ1n) is 18.5. The molecule has 2 fully saturated rings. The molecule has 1 saturated carbocycles. The highest BCUT2D eigenvalue weighted by molar-refractivity contribution is 7.61. The van der Waals surface area contributed by atoms with Gasteiger partial charge in [-0.1, -0.05) is 13.8 Å². The summed E-state index contributed by atoms with van der Waals surface area (Å²) in [5.74, 6) is 0.328. The molecule has 59 heavy (non-hydrogen) atoms. The molecule has 2 amide bonds. The summed E-state index contributed by atoms with van der Waals surface area (Å²) in [6.07, 6.45) is -1.19. The largest absolute Gasteiger partial charge is 0.481 e. The molecule has 4 heterocycles. The lowest BCUT2D eigenvalue weighted by atomic mass is 9.87. The molecule has 6 rings (SSSR count). The first kappa shape index (κ1) is 45.4. The van der Waals surface area contributed by atoms with Crippen molar-refractivity contribution in [1.29, 1.82) is 0 Å². The summed E-state index contributed by atoms with van der Waals surface area (Å²) in [5.41, 5.74) is 13.1. The van der Waals surface area contributed by atoms with Gasteiger partial charge in [-0.25, -0.2) is 28.6 Å². The van der Waals surface area contributed by atoms with Gasteiger partial charge in [0.25, 0.3) is 0 Å². The molecule has 29 heteroatoms. The van der Waals surface area contributed by atoms with E-state index < -0.39 is 78.6 Å².